The Labute approximate surface area is 158 Å². The number of benzene rings is 2. The number of hydrogen-bond acceptors (Lipinski definition) is 5. The first-order valence-corrected chi connectivity index (χ1v) is 8.37. The van der Waals surface area contributed by atoms with Crippen LogP contribution in [-0.4, -0.2) is 32.1 Å². The van der Waals surface area contributed by atoms with Crippen molar-refractivity contribution in [3.05, 3.63) is 71.4 Å². The molecule has 7 heteroatoms. The highest BCUT2D eigenvalue weighted by molar-refractivity contribution is 6.08. The molecule has 0 aliphatic heterocycles. The molecule has 0 heterocycles. The molecule has 6 N–H and O–H groups in total. The molecule has 0 radical (unpaired) electrons. The van der Waals surface area contributed by atoms with Crippen LogP contribution in [-0.2, 0) is 4.79 Å². The van der Waals surface area contributed by atoms with Crippen LogP contribution >= 0.6 is 0 Å². The van der Waals surface area contributed by atoms with Crippen LogP contribution in [0.2, 0.25) is 0 Å². The molecular weight excluding hydrogens is 342 g/mol. The number of likely N-dealkylation sites (N-methyl/N-ethyl adjacent to an activating group) is 1. The van der Waals surface area contributed by atoms with Gasteiger partial charge >= 0.3 is 0 Å². The molecule has 0 saturated heterocycles. The fraction of sp³-hybridized carbons (Fsp3) is 0.150. The van der Waals surface area contributed by atoms with Crippen molar-refractivity contribution < 1.29 is 9.59 Å². The molecule has 1 unspecified atom stereocenters. The number of nitrogens with one attached hydrogen (secondary N) is 4. The van der Waals surface area contributed by atoms with Crippen molar-refractivity contribution in [1.82, 2.24) is 10.6 Å². The van der Waals surface area contributed by atoms with Crippen LogP contribution in [0.25, 0.3) is 5.57 Å². The third-order valence-corrected chi connectivity index (χ3v) is 4.10. The van der Waals surface area contributed by atoms with Crippen molar-refractivity contribution in [3.63, 3.8) is 0 Å². The van der Waals surface area contributed by atoms with Crippen LogP contribution in [0.4, 0.5) is 5.69 Å². The standard InChI is InChI=1S/C20H23N5O2/c1-23-18(14-3-5-15(6-4-14)19(26)24-2)20(27)25-17-9-7-13(8-10-17)16(11-21)12-22/h3-12,18,21,23H,22H2,1-2H3,(H,24,26)(H,25,27)/b16-12+,21-11?. The molecule has 0 aliphatic rings. The molecule has 0 bridgehead atoms. The van der Waals surface area contributed by atoms with Gasteiger partial charge in [0.2, 0.25) is 5.91 Å². The summed E-state index contributed by atoms with van der Waals surface area (Å²) in [6, 6.07) is 13.4. The molecule has 7 nitrogen and oxygen atoms in total. The van der Waals surface area contributed by atoms with Crippen LogP contribution in [0.5, 0.6) is 0 Å². The first-order valence-electron chi connectivity index (χ1n) is 8.37. The zero-order valence-corrected chi connectivity index (χ0v) is 15.2. The third-order valence-electron chi connectivity index (χ3n) is 4.10. The summed E-state index contributed by atoms with van der Waals surface area (Å²) in [4.78, 5) is 24.3. The topological polar surface area (TPSA) is 120 Å². The molecule has 0 spiro atoms. The molecule has 0 aromatic heterocycles. The van der Waals surface area contributed by atoms with Gasteiger partial charge in [-0.25, -0.2) is 0 Å². The van der Waals surface area contributed by atoms with E-state index < -0.39 is 6.04 Å². The van der Waals surface area contributed by atoms with E-state index in [9.17, 15) is 9.59 Å². The molecule has 0 fully saturated rings. The maximum absolute atomic E-state index is 12.6. The number of anilines is 1. The van der Waals surface area contributed by atoms with Crippen LogP contribution in [0.1, 0.15) is 27.5 Å². The van der Waals surface area contributed by atoms with Crippen LogP contribution in [0, 0.1) is 5.41 Å². The number of hydrogen-bond donors (Lipinski definition) is 5. The summed E-state index contributed by atoms with van der Waals surface area (Å²) in [5, 5.41) is 15.7. The number of amides is 2. The molecule has 2 aromatic carbocycles. The molecule has 2 rings (SSSR count). The first kappa shape index (κ1) is 19.9. The molecule has 0 saturated carbocycles. The fourth-order valence-electron chi connectivity index (χ4n) is 2.61. The lowest BCUT2D eigenvalue weighted by Gasteiger charge is -2.17. The van der Waals surface area contributed by atoms with Gasteiger partial charge in [-0.15, -0.1) is 0 Å². The van der Waals surface area contributed by atoms with E-state index in [0.717, 1.165) is 11.1 Å². The SMILES string of the molecule is CNC(=O)c1ccc(C(NC)C(=O)Nc2ccc(/C(C=N)=C/N)cc2)cc1. The zero-order valence-electron chi connectivity index (χ0n) is 15.2. The second-order valence-corrected chi connectivity index (χ2v) is 5.76. The predicted molar refractivity (Wildman–Crippen MR) is 108 cm³/mol. The van der Waals surface area contributed by atoms with Gasteiger partial charge in [-0.05, 0) is 42.4 Å². The van der Waals surface area contributed by atoms with Gasteiger partial charge in [0, 0.05) is 36.3 Å². The van der Waals surface area contributed by atoms with Gasteiger partial charge in [-0.1, -0.05) is 24.3 Å². The van der Waals surface area contributed by atoms with Gasteiger partial charge in [0.1, 0.15) is 6.04 Å². The van der Waals surface area contributed by atoms with E-state index in [1.54, 1.807) is 62.6 Å². The Balaban J connectivity index is 2.13. The molecule has 27 heavy (non-hydrogen) atoms. The van der Waals surface area contributed by atoms with E-state index in [0.29, 0.717) is 16.8 Å². The largest absolute Gasteiger partial charge is 0.404 e. The minimum atomic E-state index is -0.565. The van der Waals surface area contributed by atoms with E-state index in [2.05, 4.69) is 16.0 Å². The summed E-state index contributed by atoms with van der Waals surface area (Å²) in [5.41, 5.74) is 8.77. The van der Waals surface area contributed by atoms with Crippen molar-refractivity contribution in [2.45, 2.75) is 6.04 Å². The monoisotopic (exact) mass is 365 g/mol. The Morgan fingerprint density at radius 1 is 1.00 bits per heavy atom. The smallest absolute Gasteiger partial charge is 0.251 e. The summed E-state index contributed by atoms with van der Waals surface area (Å²) in [7, 11) is 3.27. The average molecular weight is 365 g/mol. The number of allylic oxidation sites excluding steroid dienone is 1. The summed E-state index contributed by atoms with van der Waals surface area (Å²) >= 11 is 0. The molecule has 2 aromatic rings. The van der Waals surface area contributed by atoms with Crippen molar-refractivity contribution in [3.8, 4) is 0 Å². The number of carbonyl (C=O) groups excluding carboxylic acids is 2. The summed E-state index contributed by atoms with van der Waals surface area (Å²) in [6.45, 7) is 0. The van der Waals surface area contributed by atoms with Crippen LogP contribution in [0.15, 0.2) is 54.7 Å². The Hall–Kier alpha value is -3.45. The molecule has 2 amide bonds. The highest BCUT2D eigenvalue weighted by Crippen LogP contribution is 2.19. The van der Waals surface area contributed by atoms with E-state index in [4.69, 9.17) is 11.1 Å². The van der Waals surface area contributed by atoms with Gasteiger partial charge < -0.3 is 27.1 Å². The van der Waals surface area contributed by atoms with Crippen LogP contribution in [0.3, 0.4) is 0 Å². The summed E-state index contributed by atoms with van der Waals surface area (Å²) in [5.74, 6) is -0.400. The maximum atomic E-state index is 12.6. The fourth-order valence-corrected chi connectivity index (χ4v) is 2.61. The minimum Gasteiger partial charge on any atom is -0.404 e. The highest BCUT2D eigenvalue weighted by Gasteiger charge is 2.19. The van der Waals surface area contributed by atoms with Gasteiger partial charge in [-0.3, -0.25) is 9.59 Å². The maximum Gasteiger partial charge on any atom is 0.251 e. The quantitative estimate of drug-likeness (QED) is 0.481. The third kappa shape index (κ3) is 4.80. The van der Waals surface area contributed by atoms with Crippen molar-refractivity contribution in [2.24, 2.45) is 5.73 Å². The lowest BCUT2D eigenvalue weighted by molar-refractivity contribution is -0.118. The number of carbonyl (C=O) groups is 2. The molecule has 1 atom stereocenters. The average Bonchev–Trinajstić information content (AvgIpc) is 2.70. The summed E-state index contributed by atoms with van der Waals surface area (Å²) < 4.78 is 0. The minimum absolute atomic E-state index is 0.178. The van der Waals surface area contributed by atoms with Gasteiger partial charge in [0.05, 0.1) is 0 Å². The second-order valence-electron chi connectivity index (χ2n) is 5.76. The van der Waals surface area contributed by atoms with Gasteiger partial charge in [-0.2, -0.15) is 0 Å². The molecular formula is C20H23N5O2. The lowest BCUT2D eigenvalue weighted by Crippen LogP contribution is -2.30. The van der Waals surface area contributed by atoms with E-state index in [1.165, 1.54) is 12.4 Å². The number of rotatable bonds is 7. The first-order chi connectivity index (χ1) is 13.0. The lowest BCUT2D eigenvalue weighted by atomic mass is 10.0. The van der Waals surface area contributed by atoms with E-state index in [-0.39, 0.29) is 11.8 Å². The van der Waals surface area contributed by atoms with E-state index in [1.807, 2.05) is 0 Å². The van der Waals surface area contributed by atoms with Gasteiger partial charge in [0.15, 0.2) is 0 Å². The second kappa shape index (κ2) is 9.30. The van der Waals surface area contributed by atoms with Gasteiger partial charge in [0.25, 0.3) is 5.91 Å². The normalized spacial score (nSPS) is 12.1. The highest BCUT2D eigenvalue weighted by atomic mass is 16.2. The van der Waals surface area contributed by atoms with Crippen LogP contribution < -0.4 is 21.7 Å². The zero-order chi connectivity index (χ0) is 19.8. The van der Waals surface area contributed by atoms with E-state index >= 15 is 0 Å². The van der Waals surface area contributed by atoms with Crippen molar-refractivity contribution >= 4 is 29.3 Å². The Kier molecular flexibility index (Phi) is 6.85. The Bertz CT molecular complexity index is 842. The molecule has 0 aliphatic carbocycles. The Morgan fingerprint density at radius 2 is 1.59 bits per heavy atom. The Morgan fingerprint density at radius 3 is 2.07 bits per heavy atom. The molecule has 140 valence electrons. The van der Waals surface area contributed by atoms with Crippen molar-refractivity contribution in [2.75, 3.05) is 19.4 Å². The van der Waals surface area contributed by atoms with Crippen molar-refractivity contribution in [1.29, 1.82) is 5.41 Å². The number of nitrogens with two attached hydrogens (primary N) is 1. The predicted octanol–water partition coefficient (Wildman–Crippen LogP) is 1.89. The summed E-state index contributed by atoms with van der Waals surface area (Å²) in [6.07, 6.45) is 2.53.